The van der Waals surface area contributed by atoms with Gasteiger partial charge < -0.3 is 102 Å². The van der Waals surface area contributed by atoms with E-state index in [1.54, 1.807) is 0 Å². The van der Waals surface area contributed by atoms with Gasteiger partial charge in [-0.1, -0.05) is 0 Å². The molecular formula is C48H66O39. The van der Waals surface area contributed by atoms with Gasteiger partial charge in [0.05, 0.1) is 51.7 Å². The number of rotatable bonds is 27. The lowest BCUT2D eigenvalue weighted by Crippen LogP contribution is -2.40. The predicted molar refractivity (Wildman–Crippen MR) is 263 cm³/mol. The van der Waals surface area contributed by atoms with Crippen LogP contribution < -0.4 is 0 Å². The summed E-state index contributed by atoms with van der Waals surface area (Å²) in [4.78, 5) is 195. The largest absolute Gasteiger partial charge is 0.481 e. The molecular weight excluding hydrogens is 1200 g/mol. The number of hydrogen-bond donors (Lipinski definition) is 6. The van der Waals surface area contributed by atoms with E-state index in [1.807, 2.05) is 0 Å². The van der Waals surface area contributed by atoms with E-state index < -0.39 is 209 Å². The molecule has 6 unspecified atom stereocenters. The Labute approximate surface area is 490 Å². The van der Waals surface area contributed by atoms with Gasteiger partial charge in [0.25, 0.3) is 0 Å². The van der Waals surface area contributed by atoms with Gasteiger partial charge >= 0.3 is 107 Å². The van der Waals surface area contributed by atoms with Crippen molar-refractivity contribution in [3.63, 3.8) is 0 Å². The van der Waals surface area contributed by atoms with E-state index in [4.69, 9.17) is 40.1 Å². The number of carboxylic acids is 2. The van der Waals surface area contributed by atoms with Gasteiger partial charge in [0.1, 0.15) is 39.6 Å². The molecule has 3 aliphatic heterocycles. The van der Waals surface area contributed by atoms with Gasteiger partial charge in [0.2, 0.25) is 0 Å². The second-order valence-corrected chi connectivity index (χ2v) is 15.9. The van der Waals surface area contributed by atoms with Crippen molar-refractivity contribution in [1.29, 1.82) is 0 Å². The van der Waals surface area contributed by atoms with Gasteiger partial charge in [-0.3, -0.25) is 28.8 Å². The Bertz CT molecular complexity index is 2170. The Morgan fingerprint density at radius 1 is 0.414 bits per heavy atom. The van der Waals surface area contributed by atoms with Crippen LogP contribution >= 0.6 is 0 Å². The standard InChI is InChI=1S/C20H26O16.C12H18O10.C6H8O4.C4H4O4.C4H4O3.C2H6O2/c1-11(35-17(27)9-33-15(25)5-3-13(21)22)19(29)31-7-8-32-20(30)12(2)36-18(28)10-34-16(26)6-4-14(23)24;1-7(21-9(15)5-13)11(17)19-3-4-20-12(18)8(2)22-10(16)6-14;1-3-5(7)10-4(2)6(8)9-3;5-3-1-7-4(6)2-8-3;5-3-1-2-4(6)7-3;3-1-2-4/h11-12H,3-10H2,1-2H3,(H,21,22)(H,23,24);7-8,13-14H,3-6H2,1-2H3;3-4H,1-2H3;1-2H2;1-2H2;3-4H,1-2H2. The fourth-order valence-corrected chi connectivity index (χ4v) is 4.43. The zero-order valence-electron chi connectivity index (χ0n) is 47.3. The first-order valence-electron chi connectivity index (χ1n) is 24.8. The molecule has 0 aliphatic carbocycles. The molecule has 87 heavy (non-hydrogen) atoms. The molecule has 0 bridgehead atoms. The third kappa shape index (κ3) is 45.6. The summed E-state index contributed by atoms with van der Waals surface area (Å²) in [6, 6.07) is 0. The van der Waals surface area contributed by atoms with E-state index in [1.165, 1.54) is 27.7 Å². The average molecular weight is 1270 g/mol. The van der Waals surface area contributed by atoms with E-state index >= 15 is 0 Å². The summed E-state index contributed by atoms with van der Waals surface area (Å²) in [5.41, 5.74) is 0. The van der Waals surface area contributed by atoms with Gasteiger partial charge in [-0.25, -0.2) is 57.5 Å². The van der Waals surface area contributed by atoms with Crippen LogP contribution in [0.4, 0.5) is 0 Å². The quantitative estimate of drug-likeness (QED) is 0.0193. The third-order valence-electron chi connectivity index (χ3n) is 8.56. The molecule has 39 heteroatoms. The number of carboxylic acid groups (broad SMARTS) is 2. The van der Waals surface area contributed by atoms with E-state index in [-0.39, 0.29) is 52.5 Å². The lowest BCUT2D eigenvalue weighted by molar-refractivity contribution is -0.191. The lowest BCUT2D eigenvalue weighted by Gasteiger charge is -2.22. The number of aliphatic hydroxyl groups excluding tert-OH is 4. The Morgan fingerprint density at radius 3 is 0.908 bits per heavy atom. The maximum Gasteiger partial charge on any atom is 0.347 e. The van der Waals surface area contributed by atoms with Crippen molar-refractivity contribution in [2.75, 3.05) is 79.3 Å². The molecule has 6 atom stereocenters. The first-order chi connectivity index (χ1) is 40.7. The van der Waals surface area contributed by atoms with Crippen LogP contribution in [-0.4, -0.2) is 254 Å². The molecule has 0 spiro atoms. The van der Waals surface area contributed by atoms with Gasteiger partial charge in [-0.15, -0.1) is 0 Å². The zero-order valence-corrected chi connectivity index (χ0v) is 47.3. The summed E-state index contributed by atoms with van der Waals surface area (Å²) >= 11 is 0. The molecule has 3 aliphatic rings. The second kappa shape index (κ2) is 47.8. The molecule has 6 N–H and O–H groups in total. The summed E-state index contributed by atoms with van der Waals surface area (Å²) in [6.07, 6.45) is -8.03. The molecule has 0 saturated carbocycles. The van der Waals surface area contributed by atoms with Crippen molar-refractivity contribution in [1.82, 2.24) is 0 Å². The van der Waals surface area contributed by atoms with Crippen LogP contribution in [0, 0.1) is 0 Å². The monoisotopic (exact) mass is 1270 g/mol. The molecule has 3 heterocycles. The highest BCUT2D eigenvalue weighted by molar-refractivity contribution is 5.92. The summed E-state index contributed by atoms with van der Waals surface area (Å²) in [7, 11) is 0. The number of ether oxygens (including phenoxy) is 15. The van der Waals surface area contributed by atoms with Crippen LogP contribution in [0.1, 0.15) is 80.1 Å². The average Bonchev–Trinajstić information content (AvgIpc) is 4.08. The minimum atomic E-state index is -1.40. The van der Waals surface area contributed by atoms with Crippen molar-refractivity contribution in [2.24, 2.45) is 0 Å². The Kier molecular flexibility index (Phi) is 44.9. The van der Waals surface area contributed by atoms with Crippen LogP contribution in [0.3, 0.4) is 0 Å². The van der Waals surface area contributed by atoms with Crippen LogP contribution in [0.25, 0.3) is 0 Å². The maximum atomic E-state index is 11.8. The van der Waals surface area contributed by atoms with Crippen molar-refractivity contribution >= 4 is 107 Å². The van der Waals surface area contributed by atoms with Crippen LogP contribution in [0.5, 0.6) is 0 Å². The zero-order chi connectivity index (χ0) is 67.2. The van der Waals surface area contributed by atoms with Gasteiger partial charge in [-0.2, -0.15) is 0 Å². The molecule has 3 fully saturated rings. The SMILES string of the molecule is CC(OC(=O)CO)C(=O)OCCOC(=O)C(C)OC(=O)CO.CC(OC(=O)COC(=O)CCC(=O)O)C(=O)OCCOC(=O)C(C)OC(=O)COC(=O)CCC(=O)O.CC1OC(=O)C(C)OC1=O.O=C1CCC(=O)O1.O=C1COC(=O)CO1.OCCO. The third-order valence-corrected chi connectivity index (χ3v) is 8.56. The molecule has 3 rings (SSSR count). The van der Waals surface area contributed by atoms with Gasteiger partial charge in [0.15, 0.2) is 63.1 Å². The van der Waals surface area contributed by atoms with E-state index in [2.05, 4.69) is 61.6 Å². The van der Waals surface area contributed by atoms with Crippen LogP contribution in [0.15, 0.2) is 0 Å². The van der Waals surface area contributed by atoms with Crippen molar-refractivity contribution < 1.29 is 188 Å². The Morgan fingerprint density at radius 2 is 0.690 bits per heavy atom. The van der Waals surface area contributed by atoms with E-state index in [9.17, 15) is 86.3 Å². The molecule has 0 radical (unpaired) electrons. The molecule has 0 aromatic carbocycles. The van der Waals surface area contributed by atoms with Gasteiger partial charge in [0, 0.05) is 0 Å². The van der Waals surface area contributed by atoms with Crippen molar-refractivity contribution in [3.8, 4) is 0 Å². The first-order valence-corrected chi connectivity index (χ1v) is 24.8. The van der Waals surface area contributed by atoms with E-state index in [0.717, 1.165) is 13.8 Å². The highest BCUT2D eigenvalue weighted by Gasteiger charge is 2.32. The number of carbonyl (C=O) groups excluding carboxylic acids is 16. The summed E-state index contributed by atoms with van der Waals surface area (Å²) < 4.78 is 67.9. The fraction of sp³-hybridized carbons (Fsp3) is 0.625. The summed E-state index contributed by atoms with van der Waals surface area (Å²) in [5, 5.41) is 49.0. The van der Waals surface area contributed by atoms with Crippen LogP contribution in [0.2, 0.25) is 0 Å². The summed E-state index contributed by atoms with van der Waals surface area (Å²) in [6.45, 7) is 2.15. The number of aliphatic carboxylic acids is 2. The highest BCUT2D eigenvalue weighted by Crippen LogP contribution is 2.09. The topological polar surface area (TPSA) is 567 Å². The summed E-state index contributed by atoms with van der Waals surface area (Å²) in [5.74, 6) is -14.9. The molecule has 492 valence electrons. The van der Waals surface area contributed by atoms with E-state index in [0.29, 0.717) is 0 Å². The normalized spacial score (nSPS) is 15.6. The fourth-order valence-electron chi connectivity index (χ4n) is 4.43. The first kappa shape index (κ1) is 81.7. The maximum absolute atomic E-state index is 11.8. The minimum absolute atomic E-state index is 0.125. The number of hydrogen-bond acceptors (Lipinski definition) is 37. The number of aliphatic hydroxyl groups is 4. The van der Waals surface area contributed by atoms with Crippen molar-refractivity contribution in [3.05, 3.63) is 0 Å². The molecule has 3 saturated heterocycles. The molecule has 0 amide bonds. The highest BCUT2D eigenvalue weighted by atomic mass is 16.7. The Balaban J connectivity index is -0.00000115. The lowest BCUT2D eigenvalue weighted by atomic mass is 10.3. The van der Waals surface area contributed by atoms with Crippen molar-refractivity contribution in [2.45, 2.75) is 117 Å². The van der Waals surface area contributed by atoms with Crippen LogP contribution in [-0.2, 0) is 157 Å². The number of carbonyl (C=O) groups is 18. The second-order valence-electron chi connectivity index (χ2n) is 15.9. The smallest absolute Gasteiger partial charge is 0.347 e. The number of cyclic esters (lactones) is 6. The van der Waals surface area contributed by atoms with Gasteiger partial charge in [-0.05, 0) is 41.5 Å². The molecule has 0 aromatic rings. The Hall–Kier alpha value is -9.50. The number of esters is 16. The molecule has 39 nitrogen and oxygen atoms in total. The molecule has 0 aromatic heterocycles. The predicted octanol–water partition coefficient (Wildman–Crippen LogP) is -5.56. The minimum Gasteiger partial charge on any atom is -0.481 e.